The van der Waals surface area contributed by atoms with Gasteiger partial charge in [-0.15, -0.1) is 0 Å². The summed E-state index contributed by atoms with van der Waals surface area (Å²) in [6.07, 6.45) is 4.32. The van der Waals surface area contributed by atoms with Crippen LogP contribution in [0, 0.1) is 0 Å². The second-order valence-corrected chi connectivity index (χ2v) is 3.81. The van der Waals surface area contributed by atoms with E-state index in [9.17, 15) is 0 Å². The maximum absolute atomic E-state index is 5.48. The number of rotatable bonds is 1. The number of hydrogen-bond donors (Lipinski definition) is 0. The van der Waals surface area contributed by atoms with Crippen LogP contribution in [0.15, 0.2) is 0 Å². The summed E-state index contributed by atoms with van der Waals surface area (Å²) in [5, 5.41) is 0. The van der Waals surface area contributed by atoms with Gasteiger partial charge in [-0.3, -0.25) is 0 Å². The van der Waals surface area contributed by atoms with Crippen molar-refractivity contribution in [3.63, 3.8) is 0 Å². The molecule has 3 rings (SSSR count). The Bertz CT molecular complexity index is 355. The zero-order valence-corrected chi connectivity index (χ0v) is 8.30. The zero-order chi connectivity index (χ0) is 9.54. The highest BCUT2D eigenvalue weighted by molar-refractivity contribution is 5.52. The second kappa shape index (κ2) is 2.87. The molecule has 0 amide bonds. The molecule has 14 heavy (non-hydrogen) atoms. The SMILES string of the molecule is COc1c2c(nc3c1CCO3)CCC2. The van der Waals surface area contributed by atoms with Crippen molar-refractivity contribution in [1.29, 1.82) is 0 Å². The van der Waals surface area contributed by atoms with Crippen molar-refractivity contribution in [2.24, 2.45) is 0 Å². The van der Waals surface area contributed by atoms with Crippen molar-refractivity contribution in [3.05, 3.63) is 16.8 Å². The summed E-state index contributed by atoms with van der Waals surface area (Å²) < 4.78 is 11.0. The van der Waals surface area contributed by atoms with Gasteiger partial charge in [0.05, 0.1) is 25.0 Å². The van der Waals surface area contributed by atoms with Crippen LogP contribution >= 0.6 is 0 Å². The topological polar surface area (TPSA) is 31.4 Å². The van der Waals surface area contributed by atoms with Crippen molar-refractivity contribution in [2.45, 2.75) is 25.7 Å². The van der Waals surface area contributed by atoms with E-state index in [1.54, 1.807) is 7.11 Å². The third kappa shape index (κ3) is 0.953. The van der Waals surface area contributed by atoms with Gasteiger partial charge in [0.25, 0.3) is 0 Å². The van der Waals surface area contributed by atoms with Crippen LogP contribution in [-0.4, -0.2) is 18.7 Å². The lowest BCUT2D eigenvalue weighted by Crippen LogP contribution is -1.98. The molecule has 1 aromatic heterocycles. The van der Waals surface area contributed by atoms with E-state index in [2.05, 4.69) is 4.98 Å². The Kier molecular flexibility index (Phi) is 1.66. The minimum Gasteiger partial charge on any atom is -0.496 e. The minimum absolute atomic E-state index is 0.752. The zero-order valence-electron chi connectivity index (χ0n) is 8.30. The lowest BCUT2D eigenvalue weighted by atomic mass is 10.1. The molecule has 0 atom stereocenters. The molecule has 3 heteroatoms. The van der Waals surface area contributed by atoms with E-state index in [1.165, 1.54) is 23.2 Å². The normalized spacial score (nSPS) is 17.5. The standard InChI is InChI=1S/C11H13NO2/c1-13-10-7-3-2-4-9(7)12-11-8(10)5-6-14-11/h2-6H2,1H3. The Morgan fingerprint density at radius 1 is 1.21 bits per heavy atom. The van der Waals surface area contributed by atoms with E-state index in [1.807, 2.05) is 0 Å². The molecule has 2 heterocycles. The molecule has 0 saturated carbocycles. The molecule has 2 aliphatic rings. The number of methoxy groups -OCH3 is 1. The molecule has 74 valence electrons. The summed E-state index contributed by atoms with van der Waals surface area (Å²) >= 11 is 0. The minimum atomic E-state index is 0.752. The molecule has 0 N–H and O–H groups in total. The molecule has 3 nitrogen and oxygen atoms in total. The van der Waals surface area contributed by atoms with Crippen LogP contribution in [0.1, 0.15) is 23.2 Å². The summed E-state index contributed by atoms with van der Waals surface area (Å²) in [4.78, 5) is 4.54. The van der Waals surface area contributed by atoms with Gasteiger partial charge in [0, 0.05) is 12.0 Å². The first-order valence-electron chi connectivity index (χ1n) is 5.11. The molecule has 0 fully saturated rings. The lowest BCUT2D eigenvalue weighted by molar-refractivity contribution is 0.343. The van der Waals surface area contributed by atoms with E-state index in [-0.39, 0.29) is 0 Å². The molecule has 0 aromatic carbocycles. The van der Waals surface area contributed by atoms with Crippen LogP contribution in [0.2, 0.25) is 0 Å². The van der Waals surface area contributed by atoms with Gasteiger partial charge >= 0.3 is 0 Å². The molecule has 0 bridgehead atoms. The van der Waals surface area contributed by atoms with Crippen LogP contribution in [0.5, 0.6) is 11.6 Å². The molecular formula is C11H13NO2. The van der Waals surface area contributed by atoms with Gasteiger partial charge in [0.1, 0.15) is 5.75 Å². The van der Waals surface area contributed by atoms with Gasteiger partial charge in [-0.2, -0.15) is 0 Å². The Balaban J connectivity index is 2.24. The maximum atomic E-state index is 5.48. The number of ether oxygens (including phenoxy) is 2. The molecule has 0 radical (unpaired) electrons. The van der Waals surface area contributed by atoms with Gasteiger partial charge in [0.15, 0.2) is 0 Å². The number of pyridine rings is 1. The Hall–Kier alpha value is -1.25. The molecule has 1 aliphatic heterocycles. The first-order chi connectivity index (χ1) is 6.90. The van der Waals surface area contributed by atoms with E-state index in [0.29, 0.717) is 0 Å². The predicted molar refractivity (Wildman–Crippen MR) is 52.0 cm³/mol. The van der Waals surface area contributed by atoms with Crippen LogP contribution in [0.25, 0.3) is 0 Å². The molecule has 0 unspecified atom stereocenters. The predicted octanol–water partition coefficient (Wildman–Crippen LogP) is 1.51. The Morgan fingerprint density at radius 2 is 2.14 bits per heavy atom. The fourth-order valence-electron chi connectivity index (χ4n) is 2.40. The van der Waals surface area contributed by atoms with Gasteiger partial charge in [-0.05, 0) is 19.3 Å². The van der Waals surface area contributed by atoms with Gasteiger partial charge in [0.2, 0.25) is 5.88 Å². The third-order valence-corrected chi connectivity index (χ3v) is 3.03. The lowest BCUT2D eigenvalue weighted by Gasteiger charge is -2.10. The quantitative estimate of drug-likeness (QED) is 0.674. The third-order valence-electron chi connectivity index (χ3n) is 3.03. The van der Waals surface area contributed by atoms with Crippen LogP contribution in [0.4, 0.5) is 0 Å². The van der Waals surface area contributed by atoms with Crippen LogP contribution in [-0.2, 0) is 19.3 Å². The number of aromatic nitrogens is 1. The fraction of sp³-hybridized carbons (Fsp3) is 0.545. The average molecular weight is 191 g/mol. The summed E-state index contributed by atoms with van der Waals surface area (Å²) in [5.41, 5.74) is 3.67. The Morgan fingerprint density at radius 3 is 3.00 bits per heavy atom. The van der Waals surface area contributed by atoms with Crippen molar-refractivity contribution in [3.8, 4) is 11.6 Å². The highest BCUT2D eigenvalue weighted by Crippen LogP contribution is 2.39. The van der Waals surface area contributed by atoms with E-state index >= 15 is 0 Å². The highest BCUT2D eigenvalue weighted by Gasteiger charge is 2.27. The number of fused-ring (bicyclic) bond motifs is 2. The largest absolute Gasteiger partial charge is 0.496 e. The van der Waals surface area contributed by atoms with Crippen molar-refractivity contribution in [1.82, 2.24) is 4.98 Å². The maximum Gasteiger partial charge on any atom is 0.220 e. The van der Waals surface area contributed by atoms with Crippen molar-refractivity contribution in [2.75, 3.05) is 13.7 Å². The van der Waals surface area contributed by atoms with Gasteiger partial charge in [-0.1, -0.05) is 0 Å². The van der Waals surface area contributed by atoms with Crippen LogP contribution < -0.4 is 9.47 Å². The van der Waals surface area contributed by atoms with Crippen molar-refractivity contribution < 1.29 is 9.47 Å². The molecule has 1 aliphatic carbocycles. The highest BCUT2D eigenvalue weighted by atomic mass is 16.5. The van der Waals surface area contributed by atoms with Crippen LogP contribution in [0.3, 0.4) is 0 Å². The first-order valence-corrected chi connectivity index (χ1v) is 5.11. The van der Waals surface area contributed by atoms with Crippen molar-refractivity contribution >= 4 is 0 Å². The van der Waals surface area contributed by atoms with E-state index < -0.39 is 0 Å². The smallest absolute Gasteiger partial charge is 0.220 e. The summed E-state index contributed by atoms with van der Waals surface area (Å²) in [6, 6.07) is 0. The van der Waals surface area contributed by atoms with E-state index in [0.717, 1.165) is 37.5 Å². The first kappa shape index (κ1) is 8.09. The average Bonchev–Trinajstić information content (AvgIpc) is 2.80. The van der Waals surface area contributed by atoms with Gasteiger partial charge < -0.3 is 9.47 Å². The summed E-state index contributed by atoms with van der Waals surface area (Å²) in [6.45, 7) is 0.752. The second-order valence-electron chi connectivity index (χ2n) is 3.81. The number of hydrogen-bond acceptors (Lipinski definition) is 3. The fourth-order valence-corrected chi connectivity index (χ4v) is 2.40. The summed E-state index contributed by atoms with van der Waals surface area (Å²) in [5.74, 6) is 1.85. The van der Waals surface area contributed by atoms with E-state index in [4.69, 9.17) is 9.47 Å². The molecular weight excluding hydrogens is 178 g/mol. The number of nitrogens with zero attached hydrogens (tertiary/aromatic N) is 1. The summed E-state index contributed by atoms with van der Waals surface area (Å²) in [7, 11) is 1.74. The molecule has 0 saturated heterocycles. The Labute approximate surface area is 83.1 Å². The monoisotopic (exact) mass is 191 g/mol. The number of aryl methyl sites for hydroxylation is 1. The molecule has 0 spiro atoms. The van der Waals surface area contributed by atoms with Gasteiger partial charge in [-0.25, -0.2) is 4.98 Å². The molecule has 1 aromatic rings.